The first kappa shape index (κ1) is 17.0. The second kappa shape index (κ2) is 8.90. The van der Waals surface area contributed by atoms with Crippen LogP contribution in [0.25, 0.3) is 0 Å². The first-order chi connectivity index (χ1) is 11.2. The molecule has 0 aliphatic rings. The fourth-order valence-corrected chi connectivity index (χ4v) is 2.26. The lowest BCUT2D eigenvalue weighted by atomic mass is 10.1. The Bertz CT molecular complexity index is 658. The van der Waals surface area contributed by atoms with Gasteiger partial charge in [-0.05, 0) is 28.8 Å². The maximum atomic E-state index is 13.2. The number of methoxy groups -OCH3 is 1. The molecule has 0 aliphatic heterocycles. The zero-order valence-electron chi connectivity index (χ0n) is 13.5. The smallest absolute Gasteiger partial charge is 0.191 e. The molecule has 5 heteroatoms. The molecule has 0 aliphatic carbocycles. The van der Waals surface area contributed by atoms with Crippen LogP contribution in [0.2, 0.25) is 0 Å². The van der Waals surface area contributed by atoms with Gasteiger partial charge < -0.3 is 15.4 Å². The van der Waals surface area contributed by atoms with Crippen LogP contribution in [0.5, 0.6) is 0 Å². The fourth-order valence-electron chi connectivity index (χ4n) is 2.26. The first-order valence-corrected chi connectivity index (χ1v) is 7.47. The molecule has 2 aromatic carbocycles. The highest BCUT2D eigenvalue weighted by molar-refractivity contribution is 5.79. The standard InChI is InChI=1S/C18H22FN3O/c1-20-18(21-11-14-6-5-9-17(19)10-14)22-12-15-7-3-4-8-16(15)13-23-2/h3-10H,11-13H2,1-2H3,(H2,20,21,22). The van der Waals surface area contributed by atoms with Crippen LogP contribution in [0.3, 0.4) is 0 Å². The molecule has 0 radical (unpaired) electrons. The van der Waals surface area contributed by atoms with Crippen LogP contribution in [-0.4, -0.2) is 20.1 Å². The largest absolute Gasteiger partial charge is 0.380 e. The highest BCUT2D eigenvalue weighted by Crippen LogP contribution is 2.09. The minimum absolute atomic E-state index is 0.235. The molecule has 2 aromatic rings. The number of rotatable bonds is 6. The summed E-state index contributed by atoms with van der Waals surface area (Å²) in [5.74, 6) is 0.433. The van der Waals surface area contributed by atoms with Crippen LogP contribution < -0.4 is 10.6 Å². The van der Waals surface area contributed by atoms with Crippen molar-refractivity contribution >= 4 is 5.96 Å². The average Bonchev–Trinajstić information content (AvgIpc) is 2.57. The molecule has 0 saturated carbocycles. The predicted octanol–water partition coefficient (Wildman–Crippen LogP) is 2.84. The molecule has 122 valence electrons. The third-order valence-electron chi connectivity index (χ3n) is 3.44. The second-order valence-electron chi connectivity index (χ2n) is 5.11. The molecule has 2 N–H and O–H groups in total. The molecule has 0 saturated heterocycles. The highest BCUT2D eigenvalue weighted by atomic mass is 19.1. The van der Waals surface area contributed by atoms with Crippen molar-refractivity contribution in [2.75, 3.05) is 14.2 Å². The molecular formula is C18H22FN3O. The van der Waals surface area contributed by atoms with E-state index in [9.17, 15) is 4.39 Å². The zero-order chi connectivity index (χ0) is 16.5. The first-order valence-electron chi connectivity index (χ1n) is 7.47. The van der Waals surface area contributed by atoms with Crippen molar-refractivity contribution in [2.24, 2.45) is 4.99 Å². The molecule has 23 heavy (non-hydrogen) atoms. The van der Waals surface area contributed by atoms with E-state index in [4.69, 9.17) is 4.74 Å². The van der Waals surface area contributed by atoms with Crippen LogP contribution in [-0.2, 0) is 24.4 Å². The van der Waals surface area contributed by atoms with E-state index in [0.29, 0.717) is 25.7 Å². The number of nitrogens with one attached hydrogen (secondary N) is 2. The van der Waals surface area contributed by atoms with Crippen LogP contribution in [0, 0.1) is 5.82 Å². The topological polar surface area (TPSA) is 45.7 Å². The Morgan fingerprint density at radius 2 is 1.78 bits per heavy atom. The molecule has 0 bridgehead atoms. The normalized spacial score (nSPS) is 11.3. The second-order valence-corrected chi connectivity index (χ2v) is 5.11. The summed E-state index contributed by atoms with van der Waals surface area (Å²) in [6.07, 6.45) is 0. The average molecular weight is 315 g/mol. The third kappa shape index (κ3) is 5.38. The number of guanidine groups is 1. The summed E-state index contributed by atoms with van der Waals surface area (Å²) in [6, 6.07) is 14.6. The van der Waals surface area contributed by atoms with Crippen molar-refractivity contribution in [1.82, 2.24) is 10.6 Å². The Morgan fingerprint density at radius 3 is 2.48 bits per heavy atom. The van der Waals surface area contributed by atoms with E-state index in [1.165, 1.54) is 12.1 Å². The van der Waals surface area contributed by atoms with Gasteiger partial charge in [0.25, 0.3) is 0 Å². The Morgan fingerprint density at radius 1 is 1.04 bits per heavy atom. The molecule has 0 spiro atoms. The van der Waals surface area contributed by atoms with Crippen molar-refractivity contribution in [2.45, 2.75) is 19.7 Å². The molecule has 0 fully saturated rings. The minimum Gasteiger partial charge on any atom is -0.380 e. The summed E-state index contributed by atoms with van der Waals surface area (Å²) in [5, 5.41) is 6.43. The van der Waals surface area contributed by atoms with Gasteiger partial charge in [-0.2, -0.15) is 0 Å². The number of halogens is 1. The Kier molecular flexibility index (Phi) is 6.56. The highest BCUT2D eigenvalue weighted by Gasteiger charge is 2.03. The molecule has 4 nitrogen and oxygen atoms in total. The predicted molar refractivity (Wildman–Crippen MR) is 90.6 cm³/mol. The van der Waals surface area contributed by atoms with Gasteiger partial charge in [0.05, 0.1) is 6.61 Å². The van der Waals surface area contributed by atoms with Gasteiger partial charge in [-0.25, -0.2) is 4.39 Å². The number of hydrogen-bond acceptors (Lipinski definition) is 2. The van der Waals surface area contributed by atoms with Crippen molar-refractivity contribution in [3.8, 4) is 0 Å². The van der Waals surface area contributed by atoms with Gasteiger partial charge in [-0.3, -0.25) is 4.99 Å². The summed E-state index contributed by atoms with van der Waals surface area (Å²) < 4.78 is 18.4. The van der Waals surface area contributed by atoms with E-state index < -0.39 is 0 Å². The fraction of sp³-hybridized carbons (Fsp3) is 0.278. The van der Waals surface area contributed by atoms with E-state index in [1.807, 2.05) is 24.3 Å². The van der Waals surface area contributed by atoms with E-state index >= 15 is 0 Å². The zero-order valence-corrected chi connectivity index (χ0v) is 13.5. The minimum atomic E-state index is -0.235. The molecule has 0 atom stereocenters. The van der Waals surface area contributed by atoms with Crippen LogP contribution in [0.1, 0.15) is 16.7 Å². The molecule has 0 heterocycles. The van der Waals surface area contributed by atoms with Crippen molar-refractivity contribution in [1.29, 1.82) is 0 Å². The Balaban J connectivity index is 1.90. The monoisotopic (exact) mass is 315 g/mol. The maximum Gasteiger partial charge on any atom is 0.191 e. The number of benzene rings is 2. The van der Waals surface area contributed by atoms with E-state index in [2.05, 4.69) is 21.7 Å². The Labute approximate surface area is 136 Å². The number of nitrogens with zero attached hydrogens (tertiary/aromatic N) is 1. The lowest BCUT2D eigenvalue weighted by molar-refractivity contribution is 0.184. The van der Waals surface area contributed by atoms with Crippen LogP contribution in [0.4, 0.5) is 4.39 Å². The lowest BCUT2D eigenvalue weighted by Crippen LogP contribution is -2.36. The van der Waals surface area contributed by atoms with Gasteiger partial charge in [0.2, 0.25) is 0 Å². The molecule has 2 rings (SSSR count). The van der Waals surface area contributed by atoms with Gasteiger partial charge in [0.15, 0.2) is 5.96 Å². The van der Waals surface area contributed by atoms with Crippen molar-refractivity contribution < 1.29 is 9.13 Å². The summed E-state index contributed by atoms with van der Waals surface area (Å²) in [5.41, 5.74) is 3.17. The molecule has 0 amide bonds. The number of aliphatic imine (C=N–C) groups is 1. The molecule has 0 unspecified atom stereocenters. The van der Waals surface area contributed by atoms with Gasteiger partial charge >= 0.3 is 0 Å². The van der Waals surface area contributed by atoms with E-state index in [1.54, 1.807) is 20.2 Å². The summed E-state index contributed by atoms with van der Waals surface area (Å²) >= 11 is 0. The quantitative estimate of drug-likeness (QED) is 0.636. The van der Waals surface area contributed by atoms with E-state index in [0.717, 1.165) is 16.7 Å². The summed E-state index contributed by atoms with van der Waals surface area (Å²) in [6.45, 7) is 1.73. The summed E-state index contributed by atoms with van der Waals surface area (Å²) in [4.78, 5) is 4.19. The SMILES string of the molecule is CN=C(NCc1cccc(F)c1)NCc1ccccc1COC. The molecule has 0 aromatic heterocycles. The lowest BCUT2D eigenvalue weighted by Gasteiger charge is -2.14. The van der Waals surface area contributed by atoms with Crippen LogP contribution >= 0.6 is 0 Å². The van der Waals surface area contributed by atoms with Gasteiger partial charge in [-0.15, -0.1) is 0 Å². The van der Waals surface area contributed by atoms with Crippen LogP contribution in [0.15, 0.2) is 53.5 Å². The third-order valence-corrected chi connectivity index (χ3v) is 3.44. The van der Waals surface area contributed by atoms with Crippen molar-refractivity contribution in [3.63, 3.8) is 0 Å². The van der Waals surface area contributed by atoms with Crippen molar-refractivity contribution in [3.05, 3.63) is 71.0 Å². The van der Waals surface area contributed by atoms with E-state index in [-0.39, 0.29) is 5.82 Å². The Hall–Kier alpha value is -2.40. The summed E-state index contributed by atoms with van der Waals surface area (Å²) in [7, 11) is 3.39. The van der Waals surface area contributed by atoms with Gasteiger partial charge in [0, 0.05) is 27.2 Å². The molecular weight excluding hydrogens is 293 g/mol. The number of hydrogen-bond donors (Lipinski definition) is 2. The van der Waals surface area contributed by atoms with Gasteiger partial charge in [0.1, 0.15) is 5.82 Å². The number of ether oxygens (including phenoxy) is 1. The van der Waals surface area contributed by atoms with Gasteiger partial charge in [-0.1, -0.05) is 36.4 Å². The maximum absolute atomic E-state index is 13.2.